The van der Waals surface area contributed by atoms with E-state index in [4.69, 9.17) is 9.47 Å². The van der Waals surface area contributed by atoms with Crippen LogP contribution in [0.1, 0.15) is 31.8 Å². The predicted molar refractivity (Wildman–Crippen MR) is 81.9 cm³/mol. The molecule has 1 heterocycles. The van der Waals surface area contributed by atoms with Crippen LogP contribution in [-0.2, 0) is 11.3 Å². The summed E-state index contributed by atoms with van der Waals surface area (Å²) in [5.74, 6) is 0.779. The molecule has 0 saturated heterocycles. The lowest BCUT2D eigenvalue weighted by Crippen LogP contribution is -2.11. The fraction of sp³-hybridized carbons (Fsp3) is 0.111. The molecule has 0 N–H and O–H groups in total. The molecule has 1 aliphatic rings. The average molecular weight is 294 g/mol. The molecule has 0 amide bonds. The van der Waals surface area contributed by atoms with Gasteiger partial charge < -0.3 is 9.47 Å². The highest BCUT2D eigenvalue weighted by molar-refractivity contribution is 6.10. The summed E-state index contributed by atoms with van der Waals surface area (Å²) in [6, 6.07) is 12.2. The van der Waals surface area contributed by atoms with Crippen LogP contribution in [0.5, 0.6) is 5.75 Å². The van der Waals surface area contributed by atoms with Gasteiger partial charge in [-0.25, -0.2) is 0 Å². The summed E-state index contributed by atoms with van der Waals surface area (Å²) in [6.45, 7) is 0.322. The maximum absolute atomic E-state index is 12.5. The number of allylic oxidation sites excluding steroid dienone is 1. The van der Waals surface area contributed by atoms with Gasteiger partial charge in [0.15, 0.2) is 5.76 Å². The first-order chi connectivity index (χ1) is 10.7. The van der Waals surface area contributed by atoms with Crippen LogP contribution in [0.3, 0.4) is 0 Å². The second-order valence-corrected chi connectivity index (χ2v) is 4.93. The second kappa shape index (κ2) is 5.85. The van der Waals surface area contributed by atoms with Gasteiger partial charge in [0.05, 0.1) is 7.11 Å². The van der Waals surface area contributed by atoms with E-state index in [-0.39, 0.29) is 11.5 Å². The van der Waals surface area contributed by atoms with Crippen LogP contribution in [0, 0.1) is 0 Å². The van der Waals surface area contributed by atoms with Gasteiger partial charge in [0.1, 0.15) is 18.6 Å². The van der Waals surface area contributed by atoms with Crippen LogP contribution in [-0.4, -0.2) is 19.2 Å². The number of ketones is 1. The lowest BCUT2D eigenvalue weighted by atomic mass is 10.00. The van der Waals surface area contributed by atoms with Gasteiger partial charge in [0.2, 0.25) is 5.78 Å². The molecule has 0 aliphatic carbocycles. The third-order valence-corrected chi connectivity index (χ3v) is 3.55. The third-order valence-electron chi connectivity index (χ3n) is 3.55. The third kappa shape index (κ3) is 2.63. The van der Waals surface area contributed by atoms with Gasteiger partial charge in [-0.05, 0) is 47.5 Å². The summed E-state index contributed by atoms with van der Waals surface area (Å²) < 4.78 is 10.6. The van der Waals surface area contributed by atoms with Gasteiger partial charge in [0.25, 0.3) is 0 Å². The normalized spacial score (nSPS) is 12.7. The minimum absolute atomic E-state index is 0.190. The summed E-state index contributed by atoms with van der Waals surface area (Å²) >= 11 is 0. The molecule has 4 heteroatoms. The van der Waals surface area contributed by atoms with Crippen LogP contribution in [0.15, 0.2) is 48.2 Å². The molecule has 0 radical (unpaired) electrons. The number of ether oxygens (including phenoxy) is 2. The Labute approximate surface area is 128 Å². The van der Waals surface area contributed by atoms with Crippen LogP contribution >= 0.6 is 0 Å². The Kier molecular flexibility index (Phi) is 3.74. The molecular formula is C18H14O4. The molecule has 0 fully saturated rings. The summed E-state index contributed by atoms with van der Waals surface area (Å²) in [4.78, 5) is 23.3. The molecule has 22 heavy (non-hydrogen) atoms. The fourth-order valence-electron chi connectivity index (χ4n) is 2.31. The zero-order valence-corrected chi connectivity index (χ0v) is 12.0. The highest BCUT2D eigenvalue weighted by Gasteiger charge is 2.19. The number of hydrogen-bond acceptors (Lipinski definition) is 4. The van der Waals surface area contributed by atoms with E-state index in [9.17, 15) is 9.59 Å². The molecular weight excluding hydrogens is 280 g/mol. The standard InChI is InChI=1S/C18H14O4/c1-21-16-6-4-13(5-7-16)18(20)17-9-15-8-12(10-19)2-3-14(15)11-22-17/h2-10H,11H2,1H3. The van der Waals surface area contributed by atoms with Gasteiger partial charge in [-0.1, -0.05) is 12.1 Å². The minimum Gasteiger partial charge on any atom is -0.497 e. The molecule has 0 spiro atoms. The quantitative estimate of drug-likeness (QED) is 0.641. The lowest BCUT2D eigenvalue weighted by Gasteiger charge is -2.17. The van der Waals surface area contributed by atoms with Crippen LogP contribution in [0.25, 0.3) is 6.08 Å². The van der Waals surface area contributed by atoms with E-state index in [0.717, 1.165) is 17.4 Å². The van der Waals surface area contributed by atoms with Crippen molar-refractivity contribution in [3.63, 3.8) is 0 Å². The first-order valence-corrected chi connectivity index (χ1v) is 6.82. The number of hydrogen-bond donors (Lipinski definition) is 0. The van der Waals surface area contributed by atoms with Crippen molar-refractivity contribution in [3.05, 3.63) is 70.5 Å². The van der Waals surface area contributed by atoms with Crippen molar-refractivity contribution < 1.29 is 19.1 Å². The van der Waals surface area contributed by atoms with Gasteiger partial charge in [-0.3, -0.25) is 9.59 Å². The fourth-order valence-corrected chi connectivity index (χ4v) is 2.31. The van der Waals surface area contributed by atoms with E-state index in [1.54, 1.807) is 49.6 Å². The second-order valence-electron chi connectivity index (χ2n) is 4.93. The molecule has 0 unspecified atom stereocenters. The number of carbonyl (C=O) groups is 2. The van der Waals surface area contributed by atoms with Gasteiger partial charge in [-0.2, -0.15) is 0 Å². The van der Waals surface area contributed by atoms with Crippen molar-refractivity contribution >= 4 is 18.1 Å². The van der Waals surface area contributed by atoms with Gasteiger partial charge in [-0.15, -0.1) is 0 Å². The Bertz CT molecular complexity index is 757. The first-order valence-electron chi connectivity index (χ1n) is 6.82. The molecule has 0 aromatic heterocycles. The predicted octanol–water partition coefficient (Wildman–Crippen LogP) is 3.26. The van der Waals surface area contributed by atoms with Crippen molar-refractivity contribution in [1.82, 2.24) is 0 Å². The molecule has 4 nitrogen and oxygen atoms in total. The molecule has 0 saturated carbocycles. The molecule has 1 aliphatic heterocycles. The van der Waals surface area contributed by atoms with Crippen molar-refractivity contribution in [2.75, 3.05) is 7.11 Å². The zero-order chi connectivity index (χ0) is 15.5. The Morgan fingerprint density at radius 3 is 2.64 bits per heavy atom. The number of methoxy groups -OCH3 is 1. The summed E-state index contributed by atoms with van der Waals surface area (Å²) in [7, 11) is 1.57. The molecule has 0 atom stereocenters. The van der Waals surface area contributed by atoms with Crippen molar-refractivity contribution in [3.8, 4) is 5.75 Å². The van der Waals surface area contributed by atoms with E-state index in [0.29, 0.717) is 23.5 Å². The maximum Gasteiger partial charge on any atom is 0.227 e. The van der Waals surface area contributed by atoms with Crippen molar-refractivity contribution in [2.45, 2.75) is 6.61 Å². The Balaban J connectivity index is 1.92. The maximum atomic E-state index is 12.5. The number of carbonyl (C=O) groups excluding carboxylic acids is 2. The minimum atomic E-state index is -0.190. The van der Waals surface area contributed by atoms with Crippen LogP contribution in [0.4, 0.5) is 0 Å². The van der Waals surface area contributed by atoms with Crippen molar-refractivity contribution in [1.29, 1.82) is 0 Å². The van der Waals surface area contributed by atoms with E-state index in [1.165, 1.54) is 0 Å². The molecule has 2 aromatic carbocycles. The number of fused-ring (bicyclic) bond motifs is 1. The smallest absolute Gasteiger partial charge is 0.227 e. The molecule has 0 bridgehead atoms. The number of rotatable bonds is 4. The Morgan fingerprint density at radius 1 is 1.18 bits per heavy atom. The highest BCUT2D eigenvalue weighted by Crippen LogP contribution is 2.25. The van der Waals surface area contributed by atoms with E-state index >= 15 is 0 Å². The van der Waals surface area contributed by atoms with Gasteiger partial charge in [0, 0.05) is 11.1 Å². The Hall–Kier alpha value is -2.88. The van der Waals surface area contributed by atoms with E-state index < -0.39 is 0 Å². The van der Waals surface area contributed by atoms with E-state index in [2.05, 4.69) is 0 Å². The van der Waals surface area contributed by atoms with Crippen LogP contribution < -0.4 is 4.74 Å². The summed E-state index contributed by atoms with van der Waals surface area (Å²) in [5, 5.41) is 0. The monoisotopic (exact) mass is 294 g/mol. The molecule has 2 aromatic rings. The van der Waals surface area contributed by atoms with Crippen LogP contribution in [0.2, 0.25) is 0 Å². The topological polar surface area (TPSA) is 52.6 Å². The lowest BCUT2D eigenvalue weighted by molar-refractivity contribution is 0.0904. The number of benzene rings is 2. The molecule has 110 valence electrons. The summed E-state index contributed by atoms with van der Waals surface area (Å²) in [5.41, 5.74) is 2.90. The number of aldehydes is 1. The summed E-state index contributed by atoms with van der Waals surface area (Å²) in [6.07, 6.45) is 2.47. The van der Waals surface area contributed by atoms with E-state index in [1.807, 2.05) is 6.07 Å². The van der Waals surface area contributed by atoms with Gasteiger partial charge >= 0.3 is 0 Å². The van der Waals surface area contributed by atoms with Crippen molar-refractivity contribution in [2.24, 2.45) is 0 Å². The SMILES string of the molecule is COc1ccc(C(=O)C2=Cc3cc(C=O)ccc3CO2)cc1. The average Bonchev–Trinajstić information content (AvgIpc) is 2.60. The number of Topliss-reactive ketones (excluding diaryl/α,β-unsaturated/α-hetero) is 1. The highest BCUT2D eigenvalue weighted by atomic mass is 16.5. The largest absolute Gasteiger partial charge is 0.497 e. The Morgan fingerprint density at radius 2 is 1.95 bits per heavy atom. The molecule has 3 rings (SSSR count). The zero-order valence-electron chi connectivity index (χ0n) is 12.0. The first kappa shape index (κ1) is 14.1.